The number of benzene rings is 1. The van der Waals surface area contributed by atoms with Crippen molar-refractivity contribution >= 4 is 0 Å². The topological polar surface area (TPSA) is 0 Å². The van der Waals surface area contributed by atoms with Gasteiger partial charge >= 0.3 is 0 Å². The van der Waals surface area contributed by atoms with E-state index in [1.807, 2.05) is 6.92 Å². The molecule has 0 bridgehead atoms. The summed E-state index contributed by atoms with van der Waals surface area (Å²) in [7, 11) is 0. The van der Waals surface area contributed by atoms with Crippen molar-refractivity contribution in [2.75, 3.05) is 13.3 Å². The number of alkyl halides is 2. The summed E-state index contributed by atoms with van der Waals surface area (Å²) in [5.41, 5.74) is 2.83. The lowest BCUT2D eigenvalue weighted by atomic mass is 9.73. The quantitative estimate of drug-likeness (QED) is 0.701. The van der Waals surface area contributed by atoms with Crippen LogP contribution in [0.15, 0.2) is 18.2 Å². The Morgan fingerprint density at radius 3 is 2.60 bits per heavy atom. The lowest BCUT2D eigenvalue weighted by Gasteiger charge is -2.33. The van der Waals surface area contributed by atoms with E-state index in [4.69, 9.17) is 0 Å². The van der Waals surface area contributed by atoms with Gasteiger partial charge in [0.15, 0.2) is 0 Å². The van der Waals surface area contributed by atoms with E-state index >= 15 is 0 Å². The Morgan fingerprint density at radius 2 is 1.93 bits per heavy atom. The maximum atomic E-state index is 12.9. The Kier molecular flexibility index (Phi) is 2.76. The van der Waals surface area contributed by atoms with Gasteiger partial charge < -0.3 is 0 Å². The van der Waals surface area contributed by atoms with Crippen LogP contribution in [0.1, 0.15) is 23.1 Å². The van der Waals surface area contributed by atoms with Gasteiger partial charge in [0.05, 0.1) is 13.3 Å². The molecule has 0 spiro atoms. The highest BCUT2D eigenvalue weighted by Gasteiger charge is 2.34. The second-order valence-corrected chi connectivity index (χ2v) is 4.72. The molecule has 1 aromatic rings. The highest BCUT2D eigenvalue weighted by molar-refractivity contribution is 5.34. The van der Waals surface area contributed by atoms with Crippen molar-refractivity contribution in [2.45, 2.75) is 26.2 Å². The molecule has 1 aliphatic carbocycles. The Morgan fingerprint density at radius 1 is 1.20 bits per heavy atom. The highest BCUT2D eigenvalue weighted by atomic mass is 19.1. The average Bonchev–Trinajstić information content (AvgIpc) is 2.28. The molecule has 0 heterocycles. The molecule has 1 aliphatic rings. The molecule has 0 aliphatic heterocycles. The van der Waals surface area contributed by atoms with Crippen molar-refractivity contribution in [3.63, 3.8) is 0 Å². The fraction of sp³-hybridized carbons (Fsp3) is 0.538. The normalized spacial score (nSPS) is 18.6. The maximum absolute atomic E-state index is 12.9. The summed E-state index contributed by atoms with van der Waals surface area (Å²) in [5, 5.41) is 0. The first-order chi connectivity index (χ1) is 7.19. The number of hydrogen-bond acceptors (Lipinski definition) is 0. The summed E-state index contributed by atoms with van der Waals surface area (Å²) in [6, 6.07) is 6.22. The molecule has 0 unspecified atom stereocenters. The van der Waals surface area contributed by atoms with E-state index in [1.165, 1.54) is 11.1 Å². The van der Waals surface area contributed by atoms with Gasteiger partial charge in [0, 0.05) is 5.41 Å². The standard InChI is InChI=1S/C13H16F2/c1-10-2-3-11-4-5-13(8-14,9-15)7-12(11)6-10/h2-3,6H,4-5,7-9H2,1H3. The van der Waals surface area contributed by atoms with Gasteiger partial charge in [-0.05, 0) is 37.3 Å². The number of aryl methyl sites for hydroxylation is 2. The molecule has 0 saturated heterocycles. The van der Waals surface area contributed by atoms with Gasteiger partial charge in [-0.1, -0.05) is 23.8 Å². The van der Waals surface area contributed by atoms with Crippen molar-refractivity contribution in [1.82, 2.24) is 0 Å². The van der Waals surface area contributed by atoms with Crippen LogP contribution in [-0.2, 0) is 12.8 Å². The van der Waals surface area contributed by atoms with E-state index in [1.54, 1.807) is 0 Å². The predicted octanol–water partition coefficient (Wildman–Crippen LogP) is 3.41. The Hall–Kier alpha value is -0.920. The van der Waals surface area contributed by atoms with Crippen LogP contribution in [0, 0.1) is 12.3 Å². The van der Waals surface area contributed by atoms with Gasteiger partial charge in [-0.3, -0.25) is 8.78 Å². The van der Waals surface area contributed by atoms with Crippen LogP contribution >= 0.6 is 0 Å². The predicted molar refractivity (Wildman–Crippen MR) is 57.6 cm³/mol. The summed E-state index contributed by atoms with van der Waals surface area (Å²) in [6.07, 6.45) is 2.00. The zero-order valence-corrected chi connectivity index (χ0v) is 9.02. The van der Waals surface area contributed by atoms with Gasteiger partial charge in [-0.15, -0.1) is 0 Å². The first-order valence-electron chi connectivity index (χ1n) is 5.39. The van der Waals surface area contributed by atoms with Crippen molar-refractivity contribution < 1.29 is 8.78 Å². The molecule has 0 N–H and O–H groups in total. The molecule has 82 valence electrons. The minimum atomic E-state index is -0.735. The molecule has 15 heavy (non-hydrogen) atoms. The van der Waals surface area contributed by atoms with E-state index in [2.05, 4.69) is 18.2 Å². The summed E-state index contributed by atoms with van der Waals surface area (Å²) < 4.78 is 25.8. The third-order valence-corrected chi connectivity index (χ3v) is 3.42. The van der Waals surface area contributed by atoms with E-state index in [9.17, 15) is 8.78 Å². The molecule has 1 aromatic carbocycles. The van der Waals surface area contributed by atoms with Crippen molar-refractivity contribution in [3.05, 3.63) is 34.9 Å². The first kappa shape index (κ1) is 10.6. The van der Waals surface area contributed by atoms with E-state index in [0.29, 0.717) is 12.8 Å². The molecule has 0 radical (unpaired) electrons. The molecule has 0 fully saturated rings. The Bertz CT molecular complexity index is 354. The van der Waals surface area contributed by atoms with Crippen molar-refractivity contribution in [2.24, 2.45) is 5.41 Å². The third-order valence-electron chi connectivity index (χ3n) is 3.42. The zero-order chi connectivity index (χ0) is 10.9. The third kappa shape index (κ3) is 1.90. The maximum Gasteiger partial charge on any atom is 0.0978 e. The van der Waals surface area contributed by atoms with Crippen LogP contribution < -0.4 is 0 Å². The highest BCUT2D eigenvalue weighted by Crippen LogP contribution is 2.36. The van der Waals surface area contributed by atoms with E-state index in [0.717, 1.165) is 12.0 Å². The molecular formula is C13H16F2. The summed E-state index contributed by atoms with van der Waals surface area (Å²) in [4.78, 5) is 0. The Balaban J connectivity index is 2.32. The van der Waals surface area contributed by atoms with Gasteiger partial charge in [0.25, 0.3) is 0 Å². The largest absolute Gasteiger partial charge is 0.250 e. The van der Waals surface area contributed by atoms with Crippen molar-refractivity contribution in [1.29, 1.82) is 0 Å². The minimum Gasteiger partial charge on any atom is -0.250 e. The van der Waals surface area contributed by atoms with Crippen LogP contribution in [0.4, 0.5) is 8.78 Å². The molecule has 0 nitrogen and oxygen atoms in total. The molecule has 0 saturated carbocycles. The summed E-state index contributed by atoms with van der Waals surface area (Å²) >= 11 is 0. The fourth-order valence-corrected chi connectivity index (χ4v) is 2.32. The van der Waals surface area contributed by atoms with Gasteiger partial charge in [-0.25, -0.2) is 0 Å². The molecule has 0 aromatic heterocycles. The molecule has 0 amide bonds. The second kappa shape index (κ2) is 3.92. The molecular weight excluding hydrogens is 194 g/mol. The van der Waals surface area contributed by atoms with Crippen LogP contribution in [0.5, 0.6) is 0 Å². The average molecular weight is 210 g/mol. The van der Waals surface area contributed by atoms with Crippen molar-refractivity contribution in [3.8, 4) is 0 Å². The van der Waals surface area contributed by atoms with Crippen LogP contribution in [0.2, 0.25) is 0 Å². The zero-order valence-electron chi connectivity index (χ0n) is 9.02. The fourth-order valence-electron chi connectivity index (χ4n) is 2.32. The smallest absolute Gasteiger partial charge is 0.0978 e. The Labute approximate surface area is 89.3 Å². The lowest BCUT2D eigenvalue weighted by molar-refractivity contribution is 0.131. The van der Waals surface area contributed by atoms with Gasteiger partial charge in [0.1, 0.15) is 0 Å². The molecule has 2 rings (SSSR count). The second-order valence-electron chi connectivity index (χ2n) is 4.72. The number of rotatable bonds is 2. The van der Waals surface area contributed by atoms with E-state index < -0.39 is 18.8 Å². The van der Waals surface area contributed by atoms with Crippen LogP contribution in [0.25, 0.3) is 0 Å². The molecule has 2 heteroatoms. The number of halogens is 2. The monoisotopic (exact) mass is 210 g/mol. The van der Waals surface area contributed by atoms with Crippen LogP contribution in [-0.4, -0.2) is 13.3 Å². The summed E-state index contributed by atoms with van der Waals surface area (Å²) in [6.45, 7) is 0.926. The van der Waals surface area contributed by atoms with Gasteiger partial charge in [0.2, 0.25) is 0 Å². The minimum absolute atomic E-state index is 0.545. The molecule has 0 atom stereocenters. The number of hydrogen-bond donors (Lipinski definition) is 0. The van der Waals surface area contributed by atoms with E-state index in [-0.39, 0.29) is 0 Å². The number of fused-ring (bicyclic) bond motifs is 1. The van der Waals surface area contributed by atoms with Gasteiger partial charge in [-0.2, -0.15) is 0 Å². The summed E-state index contributed by atoms with van der Waals surface area (Å²) in [5.74, 6) is 0. The first-order valence-corrected chi connectivity index (χ1v) is 5.39. The van der Waals surface area contributed by atoms with Crippen LogP contribution in [0.3, 0.4) is 0 Å². The SMILES string of the molecule is Cc1ccc2c(c1)CC(CF)(CF)CC2. The lowest BCUT2D eigenvalue weighted by Crippen LogP contribution is -2.33.